The number of ether oxygens (including phenoxy) is 1. The van der Waals surface area contributed by atoms with Crippen molar-refractivity contribution in [1.82, 2.24) is 0 Å². The fourth-order valence-electron chi connectivity index (χ4n) is 1.87. The van der Waals surface area contributed by atoms with Gasteiger partial charge >= 0.3 is 5.97 Å². The van der Waals surface area contributed by atoms with Crippen LogP contribution < -0.4 is 5.73 Å². The molecule has 0 unspecified atom stereocenters. The van der Waals surface area contributed by atoms with E-state index in [9.17, 15) is 4.79 Å². The maximum atomic E-state index is 11.6. The van der Waals surface area contributed by atoms with E-state index in [-0.39, 0.29) is 19.3 Å². The molecule has 0 aliphatic heterocycles. The smallest absolute Gasteiger partial charge is 0.326 e. The van der Waals surface area contributed by atoms with Gasteiger partial charge in [-0.15, -0.1) is 0 Å². The number of carbonyl (C=O) groups excluding carboxylic acids is 1. The summed E-state index contributed by atoms with van der Waals surface area (Å²) in [6.07, 6.45) is 0.690. The van der Waals surface area contributed by atoms with E-state index in [0.29, 0.717) is 13.0 Å². The molecule has 1 saturated carbocycles. The molecule has 2 rings (SSSR count). The summed E-state index contributed by atoms with van der Waals surface area (Å²) in [6.45, 7) is 2.18. The second-order valence-electron chi connectivity index (χ2n) is 3.93. The van der Waals surface area contributed by atoms with Crippen molar-refractivity contribution in [2.75, 3.05) is 6.61 Å². The van der Waals surface area contributed by atoms with Gasteiger partial charge in [0.1, 0.15) is 5.54 Å². The summed E-state index contributed by atoms with van der Waals surface area (Å²) in [5, 5.41) is 0. The molecule has 0 saturated heterocycles. The van der Waals surface area contributed by atoms with Crippen molar-refractivity contribution in [3.63, 3.8) is 0 Å². The molecule has 0 amide bonds. The minimum absolute atomic E-state index is 0. The second kappa shape index (κ2) is 4.66. The van der Waals surface area contributed by atoms with E-state index in [1.807, 2.05) is 30.3 Å². The lowest BCUT2D eigenvalue weighted by molar-refractivity contribution is -0.145. The van der Waals surface area contributed by atoms with Crippen LogP contribution in [0.3, 0.4) is 0 Å². The van der Waals surface area contributed by atoms with Gasteiger partial charge in [0.25, 0.3) is 0 Å². The van der Waals surface area contributed by atoms with Crippen LogP contribution in [0.4, 0.5) is 0 Å². The molecule has 88 valence electrons. The Morgan fingerprint density at radius 1 is 1.50 bits per heavy atom. The fourth-order valence-corrected chi connectivity index (χ4v) is 1.87. The predicted octanol–water partition coefficient (Wildman–Crippen LogP) is 2.07. The molecule has 1 aliphatic rings. The molecule has 2 atom stereocenters. The summed E-state index contributed by atoms with van der Waals surface area (Å²) in [7, 11) is 0. The minimum Gasteiger partial charge on any atom is -0.465 e. The molecule has 3 nitrogen and oxygen atoms in total. The SMILES string of the molecule is C.CCOC(=O)[C@]1(N)C[C@@H]1c1ccccc1. The third-order valence-corrected chi connectivity index (χ3v) is 2.86. The molecular weight excluding hydrogens is 202 g/mol. The van der Waals surface area contributed by atoms with Crippen LogP contribution in [0.25, 0.3) is 0 Å². The third kappa shape index (κ3) is 2.09. The van der Waals surface area contributed by atoms with E-state index in [4.69, 9.17) is 10.5 Å². The van der Waals surface area contributed by atoms with Crippen molar-refractivity contribution in [1.29, 1.82) is 0 Å². The van der Waals surface area contributed by atoms with E-state index in [0.717, 1.165) is 5.56 Å². The zero-order chi connectivity index (χ0) is 10.9. The predicted molar refractivity (Wildman–Crippen MR) is 64.1 cm³/mol. The van der Waals surface area contributed by atoms with Gasteiger partial charge in [-0.3, -0.25) is 4.79 Å². The lowest BCUT2D eigenvalue weighted by Crippen LogP contribution is -2.36. The van der Waals surface area contributed by atoms with Crippen LogP contribution in [0.5, 0.6) is 0 Å². The Hall–Kier alpha value is -1.35. The molecule has 0 bridgehead atoms. The van der Waals surface area contributed by atoms with E-state index < -0.39 is 5.54 Å². The fraction of sp³-hybridized carbons (Fsp3) is 0.462. The van der Waals surface area contributed by atoms with Gasteiger partial charge in [-0.25, -0.2) is 0 Å². The Morgan fingerprint density at radius 3 is 2.69 bits per heavy atom. The number of nitrogens with two attached hydrogens (primary N) is 1. The van der Waals surface area contributed by atoms with Crippen LogP contribution >= 0.6 is 0 Å². The quantitative estimate of drug-likeness (QED) is 0.795. The highest BCUT2D eigenvalue weighted by Crippen LogP contribution is 2.50. The molecule has 3 heteroatoms. The summed E-state index contributed by atoms with van der Waals surface area (Å²) in [5.41, 5.74) is 6.32. The first-order valence-corrected chi connectivity index (χ1v) is 5.19. The minimum atomic E-state index is -0.780. The molecule has 0 radical (unpaired) electrons. The number of hydrogen-bond acceptors (Lipinski definition) is 3. The maximum absolute atomic E-state index is 11.6. The zero-order valence-corrected chi connectivity index (χ0v) is 8.77. The van der Waals surface area contributed by atoms with Gasteiger partial charge in [0.05, 0.1) is 6.61 Å². The summed E-state index contributed by atoms with van der Waals surface area (Å²) in [6, 6.07) is 9.86. The number of carbonyl (C=O) groups is 1. The molecule has 1 aromatic carbocycles. The van der Waals surface area contributed by atoms with Crippen LogP contribution in [0.1, 0.15) is 32.3 Å². The largest absolute Gasteiger partial charge is 0.465 e. The van der Waals surface area contributed by atoms with Crippen molar-refractivity contribution >= 4 is 5.97 Å². The molecule has 1 aromatic rings. The van der Waals surface area contributed by atoms with E-state index >= 15 is 0 Å². The summed E-state index contributed by atoms with van der Waals surface area (Å²) < 4.78 is 4.96. The molecular formula is C13H19NO2. The topological polar surface area (TPSA) is 52.3 Å². The Bertz CT molecular complexity index is 363. The number of rotatable bonds is 3. The van der Waals surface area contributed by atoms with Crippen molar-refractivity contribution in [3.05, 3.63) is 35.9 Å². The molecule has 0 aromatic heterocycles. The summed E-state index contributed by atoms with van der Waals surface area (Å²) >= 11 is 0. The van der Waals surface area contributed by atoms with Crippen LogP contribution in [0.15, 0.2) is 30.3 Å². The van der Waals surface area contributed by atoms with Crippen LogP contribution in [-0.4, -0.2) is 18.1 Å². The number of esters is 1. The summed E-state index contributed by atoms with van der Waals surface area (Å²) in [4.78, 5) is 11.6. The Balaban J connectivity index is 0.00000128. The first-order valence-electron chi connectivity index (χ1n) is 5.19. The normalized spacial score (nSPS) is 26.8. The Morgan fingerprint density at radius 2 is 2.12 bits per heavy atom. The molecule has 0 spiro atoms. The van der Waals surface area contributed by atoms with Gasteiger partial charge in [0.2, 0.25) is 0 Å². The molecule has 2 N–H and O–H groups in total. The molecule has 1 aliphatic carbocycles. The first kappa shape index (κ1) is 12.7. The van der Waals surface area contributed by atoms with E-state index in [1.54, 1.807) is 6.92 Å². The zero-order valence-electron chi connectivity index (χ0n) is 8.77. The van der Waals surface area contributed by atoms with Crippen molar-refractivity contribution in [2.45, 2.75) is 32.2 Å². The standard InChI is InChI=1S/C12H15NO2.CH4/c1-2-15-11(14)12(13)8-10(12)9-6-4-3-5-7-9;/h3-7,10H,2,8,13H2,1H3;1H4/t10-,12+;/m1./s1. The Labute approximate surface area is 96.6 Å². The lowest BCUT2D eigenvalue weighted by atomic mass is 10.1. The van der Waals surface area contributed by atoms with Gasteiger partial charge in [-0.2, -0.15) is 0 Å². The first-order chi connectivity index (χ1) is 7.18. The highest BCUT2D eigenvalue weighted by Gasteiger charge is 2.58. The average Bonchev–Trinajstić information content (AvgIpc) is 2.94. The summed E-state index contributed by atoms with van der Waals surface area (Å²) in [5.74, 6) is -0.156. The van der Waals surface area contributed by atoms with Crippen LogP contribution in [0, 0.1) is 0 Å². The van der Waals surface area contributed by atoms with Crippen LogP contribution in [0.2, 0.25) is 0 Å². The molecule has 0 heterocycles. The highest BCUT2D eigenvalue weighted by atomic mass is 16.5. The van der Waals surface area contributed by atoms with Crippen molar-refractivity contribution in [2.24, 2.45) is 5.73 Å². The number of benzene rings is 1. The van der Waals surface area contributed by atoms with Gasteiger partial charge in [-0.05, 0) is 18.9 Å². The van der Waals surface area contributed by atoms with Crippen LogP contribution in [-0.2, 0) is 9.53 Å². The second-order valence-corrected chi connectivity index (χ2v) is 3.93. The monoisotopic (exact) mass is 221 g/mol. The molecule has 16 heavy (non-hydrogen) atoms. The van der Waals surface area contributed by atoms with Crippen molar-refractivity contribution in [3.8, 4) is 0 Å². The van der Waals surface area contributed by atoms with Gasteiger partial charge in [0, 0.05) is 5.92 Å². The third-order valence-electron chi connectivity index (χ3n) is 2.86. The van der Waals surface area contributed by atoms with Gasteiger partial charge in [0.15, 0.2) is 0 Å². The average molecular weight is 221 g/mol. The Kier molecular flexibility index (Phi) is 3.70. The van der Waals surface area contributed by atoms with Gasteiger partial charge < -0.3 is 10.5 Å². The van der Waals surface area contributed by atoms with E-state index in [2.05, 4.69) is 0 Å². The maximum Gasteiger partial charge on any atom is 0.326 e. The highest BCUT2D eigenvalue weighted by molar-refractivity contribution is 5.86. The van der Waals surface area contributed by atoms with Crippen molar-refractivity contribution < 1.29 is 9.53 Å². The van der Waals surface area contributed by atoms with Gasteiger partial charge in [-0.1, -0.05) is 37.8 Å². The lowest BCUT2D eigenvalue weighted by Gasteiger charge is -2.10. The van der Waals surface area contributed by atoms with E-state index in [1.165, 1.54) is 0 Å². The molecule has 1 fully saturated rings. The number of hydrogen-bond donors (Lipinski definition) is 1.